The molecule has 1 aliphatic heterocycles. The number of sulfone groups is 1. The van der Waals surface area contributed by atoms with Crippen molar-refractivity contribution in [3.63, 3.8) is 0 Å². The van der Waals surface area contributed by atoms with Crippen molar-refractivity contribution < 1.29 is 8.42 Å². The summed E-state index contributed by atoms with van der Waals surface area (Å²) in [6, 6.07) is 5.37. The van der Waals surface area contributed by atoms with Gasteiger partial charge in [0.25, 0.3) is 0 Å². The Morgan fingerprint density at radius 2 is 2.15 bits per heavy atom. The van der Waals surface area contributed by atoms with Crippen LogP contribution in [0.5, 0.6) is 0 Å². The van der Waals surface area contributed by atoms with E-state index < -0.39 is 9.84 Å². The Bertz CT molecular complexity index is 578. The summed E-state index contributed by atoms with van der Waals surface area (Å²) >= 11 is 12.0. The fourth-order valence-corrected chi connectivity index (χ4v) is 4.99. The van der Waals surface area contributed by atoms with Crippen molar-refractivity contribution in [1.82, 2.24) is 5.43 Å². The third-order valence-corrected chi connectivity index (χ3v) is 6.09. The fourth-order valence-electron chi connectivity index (χ4n) is 2.62. The minimum absolute atomic E-state index is 0.00646. The number of hydrazine groups is 1. The number of hydrogen-bond acceptors (Lipinski definition) is 4. The molecule has 2 unspecified atom stereocenters. The second-order valence-corrected chi connectivity index (χ2v) is 8.38. The molecule has 7 heteroatoms. The number of hydrogen-bond donors (Lipinski definition) is 2. The van der Waals surface area contributed by atoms with E-state index in [1.165, 1.54) is 0 Å². The van der Waals surface area contributed by atoms with Crippen LogP contribution in [0.4, 0.5) is 0 Å². The van der Waals surface area contributed by atoms with E-state index in [0.29, 0.717) is 16.5 Å². The molecule has 2 rings (SSSR count). The summed E-state index contributed by atoms with van der Waals surface area (Å²) in [7, 11) is -2.85. The molecule has 1 saturated heterocycles. The van der Waals surface area contributed by atoms with Gasteiger partial charge >= 0.3 is 0 Å². The molecule has 2 atom stereocenters. The van der Waals surface area contributed by atoms with E-state index in [4.69, 9.17) is 29.0 Å². The van der Waals surface area contributed by atoms with E-state index in [0.717, 1.165) is 18.4 Å². The lowest BCUT2D eigenvalue weighted by atomic mass is 9.95. The molecule has 0 spiro atoms. The van der Waals surface area contributed by atoms with Gasteiger partial charge in [0.05, 0.1) is 11.5 Å². The zero-order valence-electron chi connectivity index (χ0n) is 11.0. The van der Waals surface area contributed by atoms with Gasteiger partial charge < -0.3 is 0 Å². The van der Waals surface area contributed by atoms with Crippen LogP contribution in [0.2, 0.25) is 10.0 Å². The van der Waals surface area contributed by atoms with Crippen LogP contribution in [0.3, 0.4) is 0 Å². The highest BCUT2D eigenvalue weighted by molar-refractivity contribution is 7.91. The summed E-state index contributed by atoms with van der Waals surface area (Å²) in [5, 5.41) is 1.20. The molecule has 1 heterocycles. The molecular formula is C13H18Cl2N2O2S. The van der Waals surface area contributed by atoms with Crippen molar-refractivity contribution in [3.05, 3.63) is 33.8 Å². The van der Waals surface area contributed by atoms with Crippen LogP contribution >= 0.6 is 23.2 Å². The number of rotatable bonds is 5. The summed E-state index contributed by atoms with van der Waals surface area (Å²) in [5.41, 5.74) is 3.72. The highest BCUT2D eigenvalue weighted by Crippen LogP contribution is 2.26. The maximum atomic E-state index is 11.5. The van der Waals surface area contributed by atoms with Crippen molar-refractivity contribution in [3.8, 4) is 0 Å². The van der Waals surface area contributed by atoms with Crippen molar-refractivity contribution in [1.29, 1.82) is 0 Å². The fraction of sp³-hybridized carbons (Fsp3) is 0.538. The summed E-state index contributed by atoms with van der Waals surface area (Å²) in [6.45, 7) is 0. The van der Waals surface area contributed by atoms with Crippen LogP contribution in [0.1, 0.15) is 18.4 Å². The molecule has 0 radical (unpaired) electrons. The second-order valence-electron chi connectivity index (χ2n) is 5.31. The molecular weight excluding hydrogens is 319 g/mol. The molecule has 4 nitrogen and oxygen atoms in total. The molecule has 1 aliphatic rings. The maximum absolute atomic E-state index is 11.5. The van der Waals surface area contributed by atoms with Crippen LogP contribution in [-0.2, 0) is 16.3 Å². The van der Waals surface area contributed by atoms with Gasteiger partial charge in [-0.1, -0.05) is 29.3 Å². The normalized spacial score (nSPS) is 22.9. The molecule has 0 saturated carbocycles. The first-order valence-corrected chi connectivity index (χ1v) is 9.08. The van der Waals surface area contributed by atoms with Gasteiger partial charge in [-0.15, -0.1) is 0 Å². The van der Waals surface area contributed by atoms with Crippen molar-refractivity contribution in [2.24, 2.45) is 11.8 Å². The molecule has 20 heavy (non-hydrogen) atoms. The topological polar surface area (TPSA) is 72.2 Å². The molecule has 1 fully saturated rings. The Hall–Kier alpha value is -0.330. The molecule has 112 valence electrons. The Morgan fingerprint density at radius 1 is 1.40 bits per heavy atom. The summed E-state index contributed by atoms with van der Waals surface area (Å²) in [5.74, 6) is 6.30. The average molecular weight is 337 g/mol. The first kappa shape index (κ1) is 16.0. The Morgan fingerprint density at radius 3 is 2.70 bits per heavy atom. The smallest absolute Gasteiger partial charge is 0.150 e. The summed E-state index contributed by atoms with van der Waals surface area (Å²) in [4.78, 5) is 0. The highest BCUT2D eigenvalue weighted by Gasteiger charge is 2.29. The monoisotopic (exact) mass is 336 g/mol. The van der Waals surface area contributed by atoms with Gasteiger partial charge in [-0.3, -0.25) is 11.3 Å². The van der Waals surface area contributed by atoms with Gasteiger partial charge in [-0.25, -0.2) is 8.42 Å². The number of nitrogens with two attached hydrogens (primary N) is 1. The molecule has 0 aliphatic carbocycles. The molecule has 0 bridgehead atoms. The van der Waals surface area contributed by atoms with E-state index in [9.17, 15) is 8.42 Å². The van der Waals surface area contributed by atoms with Crippen molar-refractivity contribution >= 4 is 33.0 Å². The Labute approximate surface area is 129 Å². The lowest BCUT2D eigenvalue weighted by Crippen LogP contribution is -2.38. The van der Waals surface area contributed by atoms with Gasteiger partial charge in [-0.05, 0) is 42.9 Å². The maximum Gasteiger partial charge on any atom is 0.150 e. The van der Waals surface area contributed by atoms with E-state index in [1.807, 2.05) is 6.07 Å². The van der Waals surface area contributed by atoms with Gasteiger partial charge in [0.2, 0.25) is 0 Å². The van der Waals surface area contributed by atoms with Gasteiger partial charge in [0.15, 0.2) is 9.84 Å². The predicted molar refractivity (Wildman–Crippen MR) is 82.7 cm³/mol. The standard InChI is InChI=1S/C13H18Cl2N2O2S/c14-11-2-1-10(13(15)7-11)6-12(17-16)5-9-3-4-20(18,19)8-9/h1-2,7,9,12,17H,3-6,8,16H2. The van der Waals surface area contributed by atoms with Gasteiger partial charge in [-0.2, -0.15) is 0 Å². The minimum atomic E-state index is -2.85. The third kappa shape index (κ3) is 4.33. The number of benzene rings is 1. The van der Waals surface area contributed by atoms with Crippen molar-refractivity contribution in [2.45, 2.75) is 25.3 Å². The predicted octanol–water partition coefficient (Wildman–Crippen LogP) is 2.19. The summed E-state index contributed by atoms with van der Waals surface area (Å²) < 4.78 is 22.9. The minimum Gasteiger partial charge on any atom is -0.271 e. The van der Waals surface area contributed by atoms with E-state index in [1.54, 1.807) is 12.1 Å². The SMILES string of the molecule is NNC(Cc1ccc(Cl)cc1Cl)CC1CCS(=O)(=O)C1. The van der Waals surface area contributed by atoms with Gasteiger partial charge in [0, 0.05) is 16.1 Å². The van der Waals surface area contributed by atoms with E-state index >= 15 is 0 Å². The molecule has 1 aromatic carbocycles. The molecule has 3 N–H and O–H groups in total. The molecule has 0 aromatic heterocycles. The quantitative estimate of drug-likeness (QED) is 0.638. The van der Waals surface area contributed by atoms with E-state index in [2.05, 4.69) is 5.43 Å². The van der Waals surface area contributed by atoms with Crippen LogP contribution in [0, 0.1) is 5.92 Å². The lowest BCUT2D eigenvalue weighted by molar-refractivity contribution is 0.408. The molecule has 1 aromatic rings. The van der Waals surface area contributed by atoms with Crippen LogP contribution in [-0.4, -0.2) is 26.0 Å². The lowest BCUT2D eigenvalue weighted by Gasteiger charge is -2.19. The zero-order chi connectivity index (χ0) is 14.8. The van der Waals surface area contributed by atoms with Crippen molar-refractivity contribution in [2.75, 3.05) is 11.5 Å². The van der Waals surface area contributed by atoms with Crippen LogP contribution < -0.4 is 11.3 Å². The van der Waals surface area contributed by atoms with Crippen LogP contribution in [0.15, 0.2) is 18.2 Å². The highest BCUT2D eigenvalue weighted by atomic mass is 35.5. The average Bonchev–Trinajstić information content (AvgIpc) is 2.71. The number of nitrogens with one attached hydrogen (secondary N) is 1. The summed E-state index contributed by atoms with van der Waals surface area (Å²) in [6.07, 6.45) is 2.10. The van der Waals surface area contributed by atoms with E-state index in [-0.39, 0.29) is 23.5 Å². The van der Waals surface area contributed by atoms with Gasteiger partial charge in [0.1, 0.15) is 0 Å². The first-order chi connectivity index (χ1) is 9.39. The second kappa shape index (κ2) is 6.62. The zero-order valence-corrected chi connectivity index (χ0v) is 13.3. The Kier molecular flexibility index (Phi) is 5.31. The third-order valence-electron chi connectivity index (χ3n) is 3.66. The number of halogens is 2. The molecule has 0 amide bonds. The largest absolute Gasteiger partial charge is 0.271 e. The van der Waals surface area contributed by atoms with Crippen LogP contribution in [0.25, 0.3) is 0 Å². The first-order valence-electron chi connectivity index (χ1n) is 6.50. The Balaban J connectivity index is 1.99.